The molecule has 0 saturated carbocycles. The predicted molar refractivity (Wildman–Crippen MR) is 85.4 cm³/mol. The number of ether oxygens (including phenoxy) is 1. The van der Waals surface area contributed by atoms with Crippen LogP contribution >= 0.6 is 0 Å². The highest BCUT2D eigenvalue weighted by Gasteiger charge is 2.24. The lowest BCUT2D eigenvalue weighted by molar-refractivity contribution is -0.129. The second-order valence-electron chi connectivity index (χ2n) is 5.99. The van der Waals surface area contributed by atoms with E-state index in [1.807, 2.05) is 0 Å². The second kappa shape index (κ2) is 7.41. The van der Waals surface area contributed by atoms with Crippen LogP contribution in [0.5, 0.6) is 6.01 Å². The average Bonchev–Trinajstić information content (AvgIpc) is 3.14. The SMILES string of the molecule is COc1nc(CNC(=O)C2CCC(=O)NC2)nc(N2CCCC2)n1. The number of nitrogens with zero attached hydrogens (tertiary/aromatic N) is 4. The van der Waals surface area contributed by atoms with Crippen LogP contribution in [-0.2, 0) is 16.1 Å². The maximum atomic E-state index is 12.2. The van der Waals surface area contributed by atoms with Crippen LogP contribution in [0.15, 0.2) is 0 Å². The lowest BCUT2D eigenvalue weighted by Crippen LogP contribution is -2.42. The Morgan fingerprint density at radius 1 is 1.33 bits per heavy atom. The highest BCUT2D eigenvalue weighted by atomic mass is 16.5. The van der Waals surface area contributed by atoms with E-state index >= 15 is 0 Å². The molecule has 0 radical (unpaired) electrons. The quantitative estimate of drug-likeness (QED) is 0.755. The van der Waals surface area contributed by atoms with E-state index in [0.29, 0.717) is 31.2 Å². The van der Waals surface area contributed by atoms with Gasteiger partial charge in [-0.1, -0.05) is 0 Å². The fourth-order valence-corrected chi connectivity index (χ4v) is 2.88. The third-order valence-corrected chi connectivity index (χ3v) is 4.28. The van der Waals surface area contributed by atoms with Gasteiger partial charge in [-0.05, 0) is 19.3 Å². The molecule has 1 aromatic rings. The van der Waals surface area contributed by atoms with Gasteiger partial charge in [-0.25, -0.2) is 0 Å². The zero-order valence-corrected chi connectivity index (χ0v) is 13.7. The van der Waals surface area contributed by atoms with Crippen molar-refractivity contribution in [2.45, 2.75) is 32.2 Å². The standard InChI is InChI=1S/C15H22N6O3/c1-24-15-19-11(18-14(20-15)21-6-2-3-7-21)9-17-13(23)10-4-5-12(22)16-8-10/h10H,2-9H2,1H3,(H,16,22)(H,17,23). The third-order valence-electron chi connectivity index (χ3n) is 4.28. The Balaban J connectivity index is 1.62. The molecule has 9 heteroatoms. The maximum absolute atomic E-state index is 12.2. The summed E-state index contributed by atoms with van der Waals surface area (Å²) in [5, 5.41) is 5.54. The first kappa shape index (κ1) is 16.4. The Labute approximate surface area is 140 Å². The van der Waals surface area contributed by atoms with E-state index in [1.165, 1.54) is 7.11 Å². The summed E-state index contributed by atoms with van der Waals surface area (Å²) in [6, 6.07) is 0.251. The smallest absolute Gasteiger partial charge is 0.321 e. The van der Waals surface area contributed by atoms with E-state index in [2.05, 4.69) is 30.5 Å². The van der Waals surface area contributed by atoms with E-state index in [4.69, 9.17) is 4.74 Å². The molecule has 2 aliphatic rings. The van der Waals surface area contributed by atoms with Gasteiger partial charge in [0.1, 0.15) is 0 Å². The van der Waals surface area contributed by atoms with Crippen LogP contribution in [0.2, 0.25) is 0 Å². The zero-order chi connectivity index (χ0) is 16.9. The largest absolute Gasteiger partial charge is 0.467 e. The van der Waals surface area contributed by atoms with Crippen molar-refractivity contribution in [3.63, 3.8) is 0 Å². The Bertz CT molecular complexity index is 607. The van der Waals surface area contributed by atoms with Gasteiger partial charge >= 0.3 is 6.01 Å². The summed E-state index contributed by atoms with van der Waals surface area (Å²) in [6.07, 6.45) is 3.19. The van der Waals surface area contributed by atoms with Crippen LogP contribution in [0.3, 0.4) is 0 Å². The average molecular weight is 334 g/mol. The second-order valence-corrected chi connectivity index (χ2v) is 5.99. The molecule has 9 nitrogen and oxygen atoms in total. The summed E-state index contributed by atoms with van der Waals surface area (Å²) >= 11 is 0. The number of hydrogen-bond acceptors (Lipinski definition) is 7. The van der Waals surface area contributed by atoms with Gasteiger partial charge in [-0.2, -0.15) is 15.0 Å². The van der Waals surface area contributed by atoms with Gasteiger partial charge in [-0.3, -0.25) is 9.59 Å². The van der Waals surface area contributed by atoms with Crippen LogP contribution in [0.25, 0.3) is 0 Å². The number of anilines is 1. The summed E-state index contributed by atoms with van der Waals surface area (Å²) in [5.41, 5.74) is 0. The van der Waals surface area contributed by atoms with Crippen molar-refractivity contribution in [1.82, 2.24) is 25.6 Å². The van der Waals surface area contributed by atoms with Gasteiger partial charge in [0.15, 0.2) is 5.82 Å². The normalized spacial score (nSPS) is 20.6. The third kappa shape index (κ3) is 3.90. The number of carbonyl (C=O) groups excluding carboxylic acids is 2. The van der Waals surface area contributed by atoms with E-state index in [0.717, 1.165) is 25.9 Å². The van der Waals surface area contributed by atoms with E-state index < -0.39 is 0 Å². The van der Waals surface area contributed by atoms with E-state index in [1.54, 1.807) is 0 Å². The molecule has 3 heterocycles. The van der Waals surface area contributed by atoms with Crippen molar-refractivity contribution in [3.8, 4) is 6.01 Å². The number of aromatic nitrogens is 3. The Morgan fingerprint density at radius 2 is 2.12 bits per heavy atom. The summed E-state index contributed by atoms with van der Waals surface area (Å²) in [7, 11) is 1.51. The zero-order valence-electron chi connectivity index (χ0n) is 13.7. The molecule has 0 aliphatic carbocycles. The molecule has 1 atom stereocenters. The summed E-state index contributed by atoms with van der Waals surface area (Å²) in [6.45, 7) is 2.43. The Kier molecular flexibility index (Phi) is 5.07. The van der Waals surface area contributed by atoms with Crippen LogP contribution in [0.1, 0.15) is 31.5 Å². The van der Waals surface area contributed by atoms with Crippen LogP contribution < -0.4 is 20.3 Å². The minimum absolute atomic E-state index is 0.00323. The molecule has 0 bridgehead atoms. The molecule has 0 aromatic carbocycles. The van der Waals surface area contributed by atoms with E-state index in [9.17, 15) is 9.59 Å². The van der Waals surface area contributed by atoms with Gasteiger partial charge in [0.25, 0.3) is 0 Å². The van der Waals surface area contributed by atoms with Crippen LogP contribution in [-0.4, -0.2) is 53.5 Å². The van der Waals surface area contributed by atoms with Crippen molar-refractivity contribution in [2.24, 2.45) is 5.92 Å². The minimum Gasteiger partial charge on any atom is -0.467 e. The number of rotatable bonds is 5. The van der Waals surface area contributed by atoms with Crippen molar-refractivity contribution in [2.75, 3.05) is 31.6 Å². The molecule has 2 amide bonds. The lowest BCUT2D eigenvalue weighted by atomic mass is 9.98. The first-order chi connectivity index (χ1) is 11.7. The molecule has 130 valence electrons. The van der Waals surface area contributed by atoms with Crippen LogP contribution in [0.4, 0.5) is 5.95 Å². The van der Waals surface area contributed by atoms with Crippen LogP contribution in [0, 0.1) is 5.92 Å². The number of methoxy groups -OCH3 is 1. The number of nitrogens with one attached hydrogen (secondary N) is 2. The first-order valence-corrected chi connectivity index (χ1v) is 8.24. The van der Waals surface area contributed by atoms with Gasteiger partial charge in [0.2, 0.25) is 17.8 Å². The van der Waals surface area contributed by atoms with Crippen molar-refractivity contribution in [1.29, 1.82) is 0 Å². The number of hydrogen-bond donors (Lipinski definition) is 2. The molecule has 2 N–H and O–H groups in total. The van der Waals surface area contributed by atoms with Gasteiger partial charge in [0.05, 0.1) is 19.6 Å². The Morgan fingerprint density at radius 3 is 2.79 bits per heavy atom. The van der Waals surface area contributed by atoms with Crippen molar-refractivity contribution in [3.05, 3.63) is 5.82 Å². The van der Waals surface area contributed by atoms with Gasteiger partial charge < -0.3 is 20.3 Å². The minimum atomic E-state index is -0.204. The van der Waals surface area contributed by atoms with Gasteiger partial charge in [0, 0.05) is 26.1 Å². The molecule has 2 saturated heterocycles. The summed E-state index contributed by atoms with van der Waals surface area (Å²) in [5.74, 6) is 0.753. The number of carbonyl (C=O) groups is 2. The molecule has 3 rings (SSSR count). The molecule has 2 fully saturated rings. The Hall–Kier alpha value is -2.45. The molecular formula is C15H22N6O3. The molecule has 24 heavy (non-hydrogen) atoms. The van der Waals surface area contributed by atoms with Crippen molar-refractivity contribution < 1.29 is 14.3 Å². The molecular weight excluding hydrogens is 312 g/mol. The number of piperidine rings is 1. The molecule has 0 spiro atoms. The molecule has 1 aromatic heterocycles. The topological polar surface area (TPSA) is 109 Å². The van der Waals surface area contributed by atoms with Crippen molar-refractivity contribution >= 4 is 17.8 Å². The number of amides is 2. The summed E-state index contributed by atoms with van der Waals surface area (Å²) < 4.78 is 5.14. The highest BCUT2D eigenvalue weighted by Crippen LogP contribution is 2.18. The summed E-state index contributed by atoms with van der Waals surface area (Å²) in [4.78, 5) is 38.4. The van der Waals surface area contributed by atoms with Gasteiger partial charge in [-0.15, -0.1) is 0 Å². The predicted octanol–water partition coefficient (Wildman–Crippen LogP) is -0.377. The first-order valence-electron chi connectivity index (χ1n) is 8.24. The maximum Gasteiger partial charge on any atom is 0.321 e. The lowest BCUT2D eigenvalue weighted by Gasteiger charge is -2.21. The molecule has 2 aliphatic heterocycles. The van der Waals surface area contributed by atoms with E-state index in [-0.39, 0.29) is 30.3 Å². The highest BCUT2D eigenvalue weighted by molar-refractivity contribution is 5.83. The fourth-order valence-electron chi connectivity index (χ4n) is 2.88. The molecule has 1 unspecified atom stereocenters. The monoisotopic (exact) mass is 334 g/mol. The fraction of sp³-hybridized carbons (Fsp3) is 0.667.